The van der Waals surface area contributed by atoms with Gasteiger partial charge in [0.1, 0.15) is 5.82 Å². The normalized spacial score (nSPS) is 18.1. The van der Waals surface area contributed by atoms with Gasteiger partial charge < -0.3 is 14.9 Å². The first-order valence-corrected chi connectivity index (χ1v) is 11.3. The van der Waals surface area contributed by atoms with Crippen molar-refractivity contribution in [1.82, 2.24) is 9.27 Å². The first-order chi connectivity index (χ1) is 14.6. The van der Waals surface area contributed by atoms with Crippen LogP contribution in [0.5, 0.6) is 0 Å². The number of benzene rings is 2. The third-order valence-corrected chi connectivity index (χ3v) is 7.04. The lowest BCUT2D eigenvalue weighted by Gasteiger charge is -2.36. The van der Waals surface area contributed by atoms with E-state index in [1.807, 2.05) is 17.0 Å². The average molecular weight is 423 g/mol. The molecule has 7 heteroatoms. The van der Waals surface area contributed by atoms with E-state index in [1.165, 1.54) is 10.1 Å². The number of aromatic nitrogens is 1. The highest BCUT2D eigenvalue weighted by Crippen LogP contribution is 2.32. The van der Waals surface area contributed by atoms with Crippen LogP contribution in [0.4, 0.5) is 11.5 Å². The molecule has 2 aliphatic heterocycles. The Hall–Kier alpha value is -2.48. The second kappa shape index (κ2) is 7.98. The lowest BCUT2D eigenvalue weighted by Crippen LogP contribution is -2.47. The van der Waals surface area contributed by atoms with Crippen molar-refractivity contribution in [2.24, 2.45) is 0 Å². The summed E-state index contributed by atoms with van der Waals surface area (Å²) in [5.41, 5.74) is 3.08. The number of hydrogen-bond donors (Lipinski definition) is 1. The molecule has 1 amide bonds. The van der Waals surface area contributed by atoms with Crippen molar-refractivity contribution in [2.75, 3.05) is 49.1 Å². The monoisotopic (exact) mass is 422 g/mol. The largest absolute Gasteiger partial charge is 0.387 e. The lowest BCUT2D eigenvalue weighted by atomic mass is 10.0. The van der Waals surface area contributed by atoms with Crippen LogP contribution in [-0.4, -0.2) is 59.6 Å². The minimum atomic E-state index is -0.520. The van der Waals surface area contributed by atoms with Crippen molar-refractivity contribution in [3.8, 4) is 0 Å². The molecule has 156 valence electrons. The van der Waals surface area contributed by atoms with E-state index in [2.05, 4.69) is 44.5 Å². The molecule has 5 rings (SSSR count). The zero-order valence-electron chi connectivity index (χ0n) is 17.1. The number of β-amino-alcohol motifs (C(OH)–C–C–N with tert-alkyl or cyclic N) is 1. The van der Waals surface area contributed by atoms with Crippen molar-refractivity contribution in [1.29, 1.82) is 0 Å². The number of aliphatic hydroxyl groups excluding tert-OH is 1. The Labute approximate surface area is 180 Å². The van der Waals surface area contributed by atoms with Crippen LogP contribution < -0.4 is 9.80 Å². The summed E-state index contributed by atoms with van der Waals surface area (Å²) in [5.74, 6) is 1.16. The van der Waals surface area contributed by atoms with Gasteiger partial charge in [0.05, 0.1) is 10.8 Å². The molecule has 0 bridgehead atoms. The summed E-state index contributed by atoms with van der Waals surface area (Å²) < 4.78 is 5.90. The Balaban J connectivity index is 1.21. The van der Waals surface area contributed by atoms with Gasteiger partial charge in [-0.15, -0.1) is 0 Å². The maximum absolute atomic E-state index is 11.7. The van der Waals surface area contributed by atoms with E-state index >= 15 is 0 Å². The molecule has 1 saturated heterocycles. The Morgan fingerprint density at radius 1 is 1.13 bits per heavy atom. The molecular weight excluding hydrogens is 396 g/mol. The topological polar surface area (TPSA) is 59.9 Å². The van der Waals surface area contributed by atoms with Gasteiger partial charge in [0, 0.05) is 57.3 Å². The Kier molecular flexibility index (Phi) is 5.18. The number of nitrogens with zero attached hydrogens (tertiary/aromatic N) is 4. The van der Waals surface area contributed by atoms with Gasteiger partial charge in [-0.05, 0) is 47.3 Å². The maximum Gasteiger partial charge on any atom is 0.223 e. The number of rotatable bonds is 4. The SMILES string of the molecule is CC(=O)N1CCc2cc([C@@H](O)CN3CCN(c4nsc5ccccc45)CC3)ccc21. The van der Waals surface area contributed by atoms with Crippen LogP contribution in [0.1, 0.15) is 24.2 Å². The van der Waals surface area contributed by atoms with Crippen LogP contribution in [0.2, 0.25) is 0 Å². The van der Waals surface area contributed by atoms with Crippen molar-refractivity contribution in [2.45, 2.75) is 19.4 Å². The van der Waals surface area contributed by atoms with E-state index in [-0.39, 0.29) is 5.91 Å². The molecule has 2 aliphatic rings. The quantitative estimate of drug-likeness (QED) is 0.700. The zero-order chi connectivity index (χ0) is 20.7. The fourth-order valence-electron chi connectivity index (χ4n) is 4.55. The van der Waals surface area contributed by atoms with E-state index in [9.17, 15) is 9.90 Å². The van der Waals surface area contributed by atoms with Gasteiger partial charge in [0.25, 0.3) is 0 Å². The molecule has 0 saturated carbocycles. The van der Waals surface area contributed by atoms with Crippen molar-refractivity contribution in [3.05, 3.63) is 53.6 Å². The van der Waals surface area contributed by atoms with Gasteiger partial charge in [0.2, 0.25) is 5.91 Å². The number of hydrogen-bond acceptors (Lipinski definition) is 6. The Bertz CT molecular complexity index is 1070. The predicted octanol–water partition coefficient (Wildman–Crippen LogP) is 3.06. The molecule has 0 aliphatic carbocycles. The first-order valence-electron chi connectivity index (χ1n) is 10.5. The molecule has 2 aromatic carbocycles. The van der Waals surface area contributed by atoms with Crippen LogP contribution in [0.15, 0.2) is 42.5 Å². The highest BCUT2D eigenvalue weighted by molar-refractivity contribution is 7.13. The number of piperazine rings is 1. The van der Waals surface area contributed by atoms with Crippen molar-refractivity contribution < 1.29 is 9.90 Å². The molecule has 3 heterocycles. The summed E-state index contributed by atoms with van der Waals surface area (Å²) in [7, 11) is 0. The van der Waals surface area contributed by atoms with E-state index in [0.29, 0.717) is 6.54 Å². The smallest absolute Gasteiger partial charge is 0.223 e. The Morgan fingerprint density at radius 2 is 1.93 bits per heavy atom. The number of fused-ring (bicyclic) bond motifs is 2. The maximum atomic E-state index is 11.7. The minimum Gasteiger partial charge on any atom is -0.387 e. The van der Waals surface area contributed by atoms with Crippen LogP contribution >= 0.6 is 11.5 Å². The minimum absolute atomic E-state index is 0.0767. The highest BCUT2D eigenvalue weighted by Gasteiger charge is 2.25. The summed E-state index contributed by atoms with van der Waals surface area (Å²) in [6.07, 6.45) is 0.337. The molecular formula is C23H26N4O2S. The van der Waals surface area contributed by atoms with E-state index in [4.69, 9.17) is 0 Å². The standard InChI is InChI=1S/C23H26N4O2S/c1-16(28)27-9-8-17-14-18(6-7-20(17)27)21(29)15-25-10-12-26(13-11-25)23-19-4-2-3-5-22(19)30-24-23/h2-7,14,21,29H,8-13,15H2,1H3/t21-/m0/s1. The number of carbonyl (C=O) groups is 1. The third-order valence-electron chi connectivity index (χ3n) is 6.23. The molecule has 1 fully saturated rings. The number of aliphatic hydroxyl groups is 1. The van der Waals surface area contributed by atoms with Crippen LogP contribution in [-0.2, 0) is 11.2 Å². The van der Waals surface area contributed by atoms with E-state index in [0.717, 1.165) is 61.8 Å². The molecule has 6 nitrogen and oxygen atoms in total. The predicted molar refractivity (Wildman–Crippen MR) is 121 cm³/mol. The van der Waals surface area contributed by atoms with Crippen molar-refractivity contribution in [3.63, 3.8) is 0 Å². The van der Waals surface area contributed by atoms with Gasteiger partial charge in [-0.3, -0.25) is 9.69 Å². The molecule has 0 radical (unpaired) electrons. The first kappa shape index (κ1) is 19.5. The summed E-state index contributed by atoms with van der Waals surface area (Å²) in [6, 6.07) is 14.4. The fourth-order valence-corrected chi connectivity index (χ4v) is 5.34. The van der Waals surface area contributed by atoms with Gasteiger partial charge in [-0.25, -0.2) is 0 Å². The summed E-state index contributed by atoms with van der Waals surface area (Å²) in [4.78, 5) is 18.2. The molecule has 0 spiro atoms. The summed E-state index contributed by atoms with van der Waals surface area (Å²) >= 11 is 1.56. The zero-order valence-corrected chi connectivity index (χ0v) is 17.9. The molecule has 1 N–H and O–H groups in total. The summed E-state index contributed by atoms with van der Waals surface area (Å²) in [5, 5.41) is 12.1. The molecule has 30 heavy (non-hydrogen) atoms. The molecule has 3 aromatic rings. The van der Waals surface area contributed by atoms with Gasteiger partial charge >= 0.3 is 0 Å². The van der Waals surface area contributed by atoms with Crippen LogP contribution in [0.3, 0.4) is 0 Å². The van der Waals surface area contributed by atoms with E-state index in [1.54, 1.807) is 18.5 Å². The van der Waals surface area contributed by atoms with E-state index < -0.39 is 6.10 Å². The van der Waals surface area contributed by atoms with Crippen LogP contribution in [0, 0.1) is 0 Å². The molecule has 1 aromatic heterocycles. The third kappa shape index (κ3) is 3.57. The average Bonchev–Trinajstić information content (AvgIpc) is 3.38. The second-order valence-electron chi connectivity index (χ2n) is 8.11. The molecule has 1 atom stereocenters. The number of amides is 1. The molecule has 0 unspecified atom stereocenters. The lowest BCUT2D eigenvalue weighted by molar-refractivity contribution is -0.116. The van der Waals surface area contributed by atoms with Crippen LogP contribution in [0.25, 0.3) is 10.1 Å². The van der Waals surface area contributed by atoms with Gasteiger partial charge in [-0.1, -0.05) is 24.3 Å². The second-order valence-corrected chi connectivity index (χ2v) is 8.92. The Morgan fingerprint density at radius 3 is 2.73 bits per heavy atom. The number of anilines is 2. The van der Waals surface area contributed by atoms with Gasteiger partial charge in [0.15, 0.2) is 0 Å². The van der Waals surface area contributed by atoms with Gasteiger partial charge in [-0.2, -0.15) is 4.37 Å². The van der Waals surface area contributed by atoms with Crippen molar-refractivity contribution >= 4 is 39.0 Å². The fraction of sp³-hybridized carbons (Fsp3) is 0.391. The summed E-state index contributed by atoms with van der Waals surface area (Å²) in [6.45, 7) is 6.61. The number of carbonyl (C=O) groups excluding carboxylic acids is 1. The highest BCUT2D eigenvalue weighted by atomic mass is 32.1.